The van der Waals surface area contributed by atoms with Crippen LogP contribution in [0.5, 0.6) is 0 Å². The Hall–Kier alpha value is -0.870. The minimum absolute atomic E-state index is 0.498. The van der Waals surface area contributed by atoms with Crippen molar-refractivity contribution in [1.82, 2.24) is 19.8 Å². The van der Waals surface area contributed by atoms with Crippen molar-refractivity contribution in [2.24, 2.45) is 0 Å². The molecule has 0 aliphatic carbocycles. The van der Waals surface area contributed by atoms with Gasteiger partial charge in [-0.2, -0.15) is 0 Å². The third-order valence-corrected chi connectivity index (χ3v) is 4.34. The molecule has 2 heterocycles. The van der Waals surface area contributed by atoms with E-state index in [1.165, 1.54) is 25.0 Å². The molecule has 0 bridgehead atoms. The molecule has 1 aromatic rings. The quantitative estimate of drug-likeness (QED) is 0.868. The van der Waals surface area contributed by atoms with E-state index in [2.05, 4.69) is 47.5 Å². The topological polar surface area (TPSA) is 33.1 Å². The van der Waals surface area contributed by atoms with E-state index in [1.54, 1.807) is 0 Å². The van der Waals surface area contributed by atoms with Crippen LogP contribution in [0.15, 0.2) is 12.5 Å². The van der Waals surface area contributed by atoms with Crippen LogP contribution < -0.4 is 5.32 Å². The van der Waals surface area contributed by atoms with Crippen molar-refractivity contribution in [3.63, 3.8) is 0 Å². The summed E-state index contributed by atoms with van der Waals surface area (Å²) in [4.78, 5) is 6.91. The van der Waals surface area contributed by atoms with Gasteiger partial charge in [0.1, 0.15) is 0 Å². The summed E-state index contributed by atoms with van der Waals surface area (Å²) in [6, 6.07) is 1.68. The van der Waals surface area contributed by atoms with Gasteiger partial charge in [0.2, 0.25) is 0 Å². The van der Waals surface area contributed by atoms with Crippen molar-refractivity contribution in [2.45, 2.75) is 71.6 Å². The highest BCUT2D eigenvalue weighted by molar-refractivity contribution is 5.06. The third-order valence-electron chi connectivity index (χ3n) is 4.34. The van der Waals surface area contributed by atoms with Crippen molar-refractivity contribution in [2.75, 3.05) is 13.1 Å². The summed E-state index contributed by atoms with van der Waals surface area (Å²) in [6.07, 6.45) is 7.90. The fraction of sp³-hybridized carbons (Fsp3) is 0.812. The molecule has 4 nitrogen and oxygen atoms in total. The Morgan fingerprint density at radius 2 is 2.05 bits per heavy atom. The van der Waals surface area contributed by atoms with E-state index in [0.29, 0.717) is 18.1 Å². The first-order valence-electron chi connectivity index (χ1n) is 8.08. The molecule has 20 heavy (non-hydrogen) atoms. The standard InChI is InChI=1S/C16H30N4/c1-13(2)20(14(3)4)10-9-19-12-17-11-16(19)15-7-5-6-8-18-15/h11-15,18H,5-10H2,1-4H3. The van der Waals surface area contributed by atoms with Crippen LogP contribution in [0.4, 0.5) is 0 Å². The van der Waals surface area contributed by atoms with E-state index < -0.39 is 0 Å². The van der Waals surface area contributed by atoms with Crippen molar-refractivity contribution in [3.05, 3.63) is 18.2 Å². The maximum atomic E-state index is 4.37. The highest BCUT2D eigenvalue weighted by Crippen LogP contribution is 2.22. The number of imidazole rings is 1. The van der Waals surface area contributed by atoms with Gasteiger partial charge in [-0.3, -0.25) is 4.90 Å². The number of hydrogen-bond acceptors (Lipinski definition) is 3. The second-order valence-corrected chi connectivity index (χ2v) is 6.44. The Balaban J connectivity index is 1.97. The van der Waals surface area contributed by atoms with Crippen molar-refractivity contribution < 1.29 is 0 Å². The molecule has 1 fully saturated rings. The van der Waals surface area contributed by atoms with Crippen LogP contribution in [0.3, 0.4) is 0 Å². The summed E-state index contributed by atoms with van der Waals surface area (Å²) in [5.74, 6) is 0. The number of hydrogen-bond donors (Lipinski definition) is 1. The molecule has 2 rings (SSSR count). The lowest BCUT2D eigenvalue weighted by atomic mass is 10.0. The fourth-order valence-electron chi connectivity index (χ4n) is 3.25. The molecule has 0 spiro atoms. The lowest BCUT2D eigenvalue weighted by Crippen LogP contribution is -2.39. The van der Waals surface area contributed by atoms with Crippen molar-refractivity contribution in [1.29, 1.82) is 0 Å². The minimum atomic E-state index is 0.498. The Kier molecular flexibility index (Phi) is 5.61. The highest BCUT2D eigenvalue weighted by atomic mass is 15.2. The van der Waals surface area contributed by atoms with Crippen LogP contribution in [-0.4, -0.2) is 39.6 Å². The molecule has 1 aliphatic rings. The van der Waals surface area contributed by atoms with Gasteiger partial charge in [0.15, 0.2) is 0 Å². The molecule has 114 valence electrons. The smallest absolute Gasteiger partial charge is 0.0949 e. The Morgan fingerprint density at radius 1 is 1.30 bits per heavy atom. The monoisotopic (exact) mass is 278 g/mol. The van der Waals surface area contributed by atoms with E-state index in [0.717, 1.165) is 19.6 Å². The first-order chi connectivity index (χ1) is 9.59. The summed E-state index contributed by atoms with van der Waals surface area (Å²) in [7, 11) is 0. The Bertz CT molecular complexity index is 383. The van der Waals surface area contributed by atoms with Crippen LogP contribution in [-0.2, 0) is 6.54 Å². The van der Waals surface area contributed by atoms with Gasteiger partial charge < -0.3 is 9.88 Å². The Labute approximate surface area is 123 Å². The SMILES string of the molecule is CC(C)N(CCn1cncc1C1CCCCN1)C(C)C. The molecule has 1 saturated heterocycles. The van der Waals surface area contributed by atoms with Crippen LogP contribution in [0.1, 0.15) is 58.7 Å². The van der Waals surface area contributed by atoms with Crippen LogP contribution in [0, 0.1) is 0 Å². The third kappa shape index (κ3) is 3.83. The zero-order valence-electron chi connectivity index (χ0n) is 13.5. The summed E-state index contributed by atoms with van der Waals surface area (Å²) in [5, 5.41) is 3.62. The molecule has 1 unspecified atom stereocenters. The van der Waals surface area contributed by atoms with Crippen molar-refractivity contribution >= 4 is 0 Å². The van der Waals surface area contributed by atoms with Gasteiger partial charge >= 0.3 is 0 Å². The van der Waals surface area contributed by atoms with Gasteiger partial charge in [-0.15, -0.1) is 0 Å². The van der Waals surface area contributed by atoms with Crippen LogP contribution in [0.2, 0.25) is 0 Å². The summed E-state index contributed by atoms with van der Waals surface area (Å²) in [5.41, 5.74) is 1.36. The molecule has 0 aromatic carbocycles. The molecule has 1 aliphatic heterocycles. The maximum Gasteiger partial charge on any atom is 0.0949 e. The van der Waals surface area contributed by atoms with Crippen molar-refractivity contribution in [3.8, 4) is 0 Å². The summed E-state index contributed by atoms with van der Waals surface area (Å²) >= 11 is 0. The number of aromatic nitrogens is 2. The molecule has 0 radical (unpaired) electrons. The van der Waals surface area contributed by atoms with E-state index in [1.807, 2.05) is 12.5 Å². The molecule has 0 saturated carbocycles. The zero-order chi connectivity index (χ0) is 14.5. The summed E-state index contributed by atoms with van der Waals surface area (Å²) in [6.45, 7) is 12.4. The highest BCUT2D eigenvalue weighted by Gasteiger charge is 2.19. The fourth-order valence-corrected chi connectivity index (χ4v) is 3.25. The van der Waals surface area contributed by atoms with E-state index in [4.69, 9.17) is 0 Å². The number of nitrogens with zero attached hydrogens (tertiary/aromatic N) is 3. The largest absolute Gasteiger partial charge is 0.332 e. The summed E-state index contributed by atoms with van der Waals surface area (Å²) < 4.78 is 2.33. The van der Waals surface area contributed by atoms with Crippen LogP contribution >= 0.6 is 0 Å². The van der Waals surface area contributed by atoms with Gasteiger partial charge in [0, 0.05) is 37.4 Å². The predicted octanol–water partition coefficient (Wildman–Crippen LogP) is 2.82. The molecule has 1 atom stereocenters. The Morgan fingerprint density at radius 3 is 2.65 bits per heavy atom. The number of piperidine rings is 1. The average molecular weight is 278 g/mol. The molecule has 0 amide bonds. The lowest BCUT2D eigenvalue weighted by Gasteiger charge is -2.31. The van der Waals surface area contributed by atoms with Gasteiger partial charge in [0.25, 0.3) is 0 Å². The van der Waals surface area contributed by atoms with E-state index in [9.17, 15) is 0 Å². The predicted molar refractivity (Wildman–Crippen MR) is 83.8 cm³/mol. The second kappa shape index (κ2) is 7.23. The van der Waals surface area contributed by atoms with Crippen LogP contribution in [0.25, 0.3) is 0 Å². The van der Waals surface area contributed by atoms with Gasteiger partial charge in [0.05, 0.1) is 12.0 Å². The average Bonchev–Trinajstić information content (AvgIpc) is 2.87. The maximum absolute atomic E-state index is 4.37. The van der Waals surface area contributed by atoms with E-state index >= 15 is 0 Å². The molecule has 4 heteroatoms. The van der Waals surface area contributed by atoms with E-state index in [-0.39, 0.29) is 0 Å². The number of rotatable bonds is 6. The lowest BCUT2D eigenvalue weighted by molar-refractivity contribution is 0.167. The van der Waals surface area contributed by atoms with Gasteiger partial charge in [-0.05, 0) is 47.1 Å². The normalized spacial score (nSPS) is 20.2. The first-order valence-corrected chi connectivity index (χ1v) is 8.08. The number of nitrogens with one attached hydrogen (secondary N) is 1. The first kappa shape index (κ1) is 15.5. The molecule has 1 aromatic heterocycles. The minimum Gasteiger partial charge on any atom is -0.332 e. The molecule has 1 N–H and O–H groups in total. The molecular weight excluding hydrogens is 248 g/mol. The van der Waals surface area contributed by atoms with Gasteiger partial charge in [-0.1, -0.05) is 6.42 Å². The van der Waals surface area contributed by atoms with Gasteiger partial charge in [-0.25, -0.2) is 4.98 Å². The zero-order valence-corrected chi connectivity index (χ0v) is 13.5. The molecular formula is C16H30N4. The second-order valence-electron chi connectivity index (χ2n) is 6.44.